The molecule has 5 heteroatoms. The molecule has 2 rings (SSSR count). The van der Waals surface area contributed by atoms with E-state index in [0.717, 1.165) is 12.8 Å². The third-order valence-electron chi connectivity index (χ3n) is 8.21. The van der Waals surface area contributed by atoms with Gasteiger partial charge in [-0.25, -0.2) is 0 Å². The van der Waals surface area contributed by atoms with E-state index in [0.29, 0.717) is 0 Å². The van der Waals surface area contributed by atoms with Gasteiger partial charge in [0.25, 0.3) is 0 Å². The molecule has 29 heavy (non-hydrogen) atoms. The van der Waals surface area contributed by atoms with Crippen molar-refractivity contribution in [2.24, 2.45) is 11.5 Å². The Labute approximate surface area is 184 Å². The minimum Gasteiger partial charge on any atom is -0.453 e. The fourth-order valence-electron chi connectivity index (χ4n) is 5.90. The van der Waals surface area contributed by atoms with Gasteiger partial charge in [-0.05, 0) is 43.4 Å². The van der Waals surface area contributed by atoms with Gasteiger partial charge in [0.2, 0.25) is 8.32 Å². The molecule has 0 aliphatic carbocycles. The summed E-state index contributed by atoms with van der Waals surface area (Å²) in [6.45, 7) is 9.84. The van der Waals surface area contributed by atoms with Crippen LogP contribution < -0.4 is 11.5 Å². The predicted octanol–water partition coefficient (Wildman–Crippen LogP) is 6.94. The highest BCUT2D eigenvalue weighted by Crippen LogP contribution is 2.49. The van der Waals surface area contributed by atoms with E-state index < -0.39 is 16.6 Å². The van der Waals surface area contributed by atoms with Crippen LogP contribution in [0.2, 0.25) is 24.2 Å². The Morgan fingerprint density at radius 2 is 1.10 bits per heavy atom. The molecule has 1 spiro atoms. The van der Waals surface area contributed by atoms with Crippen molar-refractivity contribution in [2.75, 3.05) is 0 Å². The summed E-state index contributed by atoms with van der Waals surface area (Å²) >= 11 is 0. The molecule has 2 aliphatic rings. The zero-order valence-electron chi connectivity index (χ0n) is 20.2. The Morgan fingerprint density at radius 3 is 1.69 bits per heavy atom. The average Bonchev–Trinajstić information content (AvgIpc) is 2.66. The summed E-state index contributed by atoms with van der Waals surface area (Å²) in [5, 5.41) is 0.237. The second kappa shape index (κ2) is 11.8. The molecular formula is C24H52N2OSi2. The van der Waals surface area contributed by atoms with Crippen molar-refractivity contribution in [1.82, 2.24) is 0 Å². The van der Waals surface area contributed by atoms with Gasteiger partial charge in [0.05, 0.1) is 0 Å². The van der Waals surface area contributed by atoms with E-state index in [1.807, 2.05) is 0 Å². The third kappa shape index (κ3) is 7.16. The van der Waals surface area contributed by atoms with Gasteiger partial charge in [-0.3, -0.25) is 0 Å². The Kier molecular flexibility index (Phi) is 10.4. The first kappa shape index (κ1) is 25.6. The van der Waals surface area contributed by atoms with Crippen LogP contribution in [0, 0.1) is 0 Å². The maximum Gasteiger partial charge on any atom is 0.202 e. The second-order valence-corrected chi connectivity index (χ2v) is 20.5. The number of hydrogen-bond acceptors (Lipinski definition) is 3. The van der Waals surface area contributed by atoms with Crippen molar-refractivity contribution in [1.29, 1.82) is 0 Å². The quantitative estimate of drug-likeness (QED) is 0.401. The lowest BCUT2D eigenvalue weighted by molar-refractivity contribution is 0.389. The van der Waals surface area contributed by atoms with Gasteiger partial charge in [-0.2, -0.15) is 0 Å². The summed E-state index contributed by atoms with van der Waals surface area (Å²) in [6, 6.07) is 1.25. The molecule has 3 nitrogen and oxygen atoms in total. The Bertz CT molecular complexity index is 472. The number of nitrogens with two attached hydrogens (primary N) is 2. The summed E-state index contributed by atoms with van der Waals surface area (Å²) in [5.74, 6) is 0. The molecular weight excluding hydrogens is 388 g/mol. The molecule has 0 bridgehead atoms. The molecule has 172 valence electrons. The zero-order chi connectivity index (χ0) is 21.4. The Balaban J connectivity index is 2.38. The van der Waals surface area contributed by atoms with Crippen LogP contribution in [0.15, 0.2) is 0 Å². The molecule has 0 aromatic carbocycles. The monoisotopic (exact) mass is 440 g/mol. The Morgan fingerprint density at radius 1 is 0.655 bits per heavy atom. The highest BCUT2D eigenvalue weighted by Gasteiger charge is 2.55. The lowest BCUT2D eigenvalue weighted by Crippen LogP contribution is -2.68. The summed E-state index contributed by atoms with van der Waals surface area (Å²) < 4.78 is 7.52. The van der Waals surface area contributed by atoms with Gasteiger partial charge in [0.1, 0.15) is 0 Å². The van der Waals surface area contributed by atoms with Gasteiger partial charge < -0.3 is 15.6 Å². The molecule has 2 heterocycles. The molecule has 3 atom stereocenters. The smallest absolute Gasteiger partial charge is 0.202 e. The van der Waals surface area contributed by atoms with Crippen LogP contribution in [0.1, 0.15) is 117 Å². The van der Waals surface area contributed by atoms with Gasteiger partial charge in [0.15, 0.2) is 8.32 Å². The molecule has 2 fully saturated rings. The average molecular weight is 441 g/mol. The summed E-state index contributed by atoms with van der Waals surface area (Å²) in [5.41, 5.74) is 14.5. The fourth-order valence-corrected chi connectivity index (χ4v) is 17.4. The summed E-state index contributed by atoms with van der Waals surface area (Å²) in [6.07, 6.45) is 21.1. The molecule has 0 saturated carbocycles. The van der Waals surface area contributed by atoms with Crippen LogP contribution in [0.4, 0.5) is 0 Å². The van der Waals surface area contributed by atoms with Crippen molar-refractivity contribution in [3.05, 3.63) is 0 Å². The van der Waals surface area contributed by atoms with Crippen molar-refractivity contribution in [3.8, 4) is 0 Å². The maximum atomic E-state index is 7.52. The van der Waals surface area contributed by atoms with Gasteiger partial charge in [-0.1, -0.05) is 97.3 Å². The predicted molar refractivity (Wildman–Crippen MR) is 133 cm³/mol. The highest BCUT2D eigenvalue weighted by molar-refractivity contribution is 6.89. The normalized spacial score (nSPS) is 36.2. The fraction of sp³-hybridized carbons (Fsp3) is 1.00. The molecule has 0 radical (unpaired) electrons. The van der Waals surface area contributed by atoms with Crippen molar-refractivity contribution >= 4 is 16.6 Å². The topological polar surface area (TPSA) is 61.3 Å². The van der Waals surface area contributed by atoms with Crippen LogP contribution >= 0.6 is 0 Å². The minimum absolute atomic E-state index is 0.237. The standard InChI is InChI=1S/C24H52N2OSi2/c1-24(2)20-16-12-8-7-11-15-19-23(26)29(24)21-17-13-9-5-6-10-14-18-22(25)28(3,4)27-29/h22-23H,5-21,25-26H2,1-4H3. The minimum atomic E-state index is -2.17. The Hall–Kier alpha value is 0.314. The maximum absolute atomic E-state index is 7.52. The highest BCUT2D eigenvalue weighted by atomic mass is 28.4. The van der Waals surface area contributed by atoms with Gasteiger partial charge in [0, 0.05) is 11.3 Å². The number of rotatable bonds is 0. The first-order chi connectivity index (χ1) is 13.7. The van der Waals surface area contributed by atoms with Crippen molar-refractivity contribution < 1.29 is 4.12 Å². The largest absolute Gasteiger partial charge is 0.453 e. The molecule has 0 aromatic rings. The molecule has 0 aromatic heterocycles. The van der Waals surface area contributed by atoms with E-state index in [9.17, 15) is 0 Å². The number of hydrogen-bond donors (Lipinski definition) is 2. The molecule has 2 saturated heterocycles. The summed E-state index contributed by atoms with van der Waals surface area (Å²) in [7, 11) is -4.17. The van der Waals surface area contributed by atoms with Crippen molar-refractivity contribution in [3.63, 3.8) is 0 Å². The molecule has 0 amide bonds. The third-order valence-corrected chi connectivity index (χ3v) is 19.0. The lowest BCUT2D eigenvalue weighted by Gasteiger charge is -2.53. The van der Waals surface area contributed by atoms with Crippen LogP contribution in [-0.4, -0.2) is 28.0 Å². The van der Waals surface area contributed by atoms with Crippen LogP contribution in [0.25, 0.3) is 0 Å². The first-order valence-corrected chi connectivity index (χ1v) is 18.1. The molecule has 2 aliphatic heterocycles. The summed E-state index contributed by atoms with van der Waals surface area (Å²) in [4.78, 5) is 0. The van der Waals surface area contributed by atoms with Crippen LogP contribution in [0.5, 0.6) is 0 Å². The van der Waals surface area contributed by atoms with E-state index in [1.54, 1.807) is 0 Å². The van der Waals surface area contributed by atoms with Crippen molar-refractivity contribution in [2.45, 2.75) is 152 Å². The zero-order valence-corrected chi connectivity index (χ0v) is 22.2. The molecule has 3 unspecified atom stereocenters. The first-order valence-electron chi connectivity index (χ1n) is 12.9. The SMILES string of the molecule is CC1(C)CCCCCCCCC(N)[Si]12CCCCCCCCCC(N)[Si](C)(C)O2. The van der Waals surface area contributed by atoms with E-state index in [4.69, 9.17) is 15.6 Å². The van der Waals surface area contributed by atoms with Gasteiger partial charge >= 0.3 is 0 Å². The second-order valence-electron chi connectivity index (χ2n) is 11.4. The molecule has 4 N–H and O–H groups in total. The van der Waals surface area contributed by atoms with E-state index in [1.165, 1.54) is 95.9 Å². The van der Waals surface area contributed by atoms with E-state index in [2.05, 4.69) is 26.9 Å². The van der Waals surface area contributed by atoms with Crippen LogP contribution in [-0.2, 0) is 4.12 Å². The lowest BCUT2D eigenvalue weighted by atomic mass is 10.0. The van der Waals surface area contributed by atoms with Gasteiger partial charge in [-0.15, -0.1) is 0 Å². The van der Waals surface area contributed by atoms with E-state index in [-0.39, 0.29) is 16.4 Å². The van der Waals surface area contributed by atoms with E-state index >= 15 is 0 Å². The van der Waals surface area contributed by atoms with Crippen LogP contribution in [0.3, 0.4) is 0 Å².